The van der Waals surface area contributed by atoms with Crippen molar-refractivity contribution in [2.24, 2.45) is 0 Å². The van der Waals surface area contributed by atoms with E-state index in [1.807, 2.05) is 26.8 Å². The van der Waals surface area contributed by atoms with Crippen LogP contribution in [0.25, 0.3) is 0 Å². The Kier molecular flexibility index (Phi) is 5.50. The van der Waals surface area contributed by atoms with E-state index in [2.05, 4.69) is 20.0 Å². The molecule has 0 bridgehead atoms. The highest BCUT2D eigenvalue weighted by Gasteiger charge is 2.20. The molecule has 0 aliphatic rings. The van der Waals surface area contributed by atoms with Gasteiger partial charge in [0.05, 0.1) is 0 Å². The first-order valence-electron chi connectivity index (χ1n) is 7.47. The molecule has 2 rings (SSSR count). The van der Waals surface area contributed by atoms with Crippen molar-refractivity contribution in [3.05, 3.63) is 35.7 Å². The zero-order valence-electron chi connectivity index (χ0n) is 13.8. The van der Waals surface area contributed by atoms with Crippen LogP contribution in [-0.2, 0) is 16.6 Å². The SMILES string of the molecule is CC(C)(C)c1nsc(NC(=O)Nc2cccc(CCC(=O)O)c2)n1. The van der Waals surface area contributed by atoms with Gasteiger partial charge in [0.1, 0.15) is 5.82 Å². The molecule has 2 amide bonds. The Hall–Kier alpha value is -2.48. The maximum Gasteiger partial charge on any atom is 0.325 e. The first-order chi connectivity index (χ1) is 11.2. The number of amides is 2. The van der Waals surface area contributed by atoms with Crippen molar-refractivity contribution < 1.29 is 14.7 Å². The molecular formula is C16H20N4O3S. The summed E-state index contributed by atoms with van der Waals surface area (Å²) in [6.07, 6.45) is 0.466. The second-order valence-electron chi connectivity index (χ2n) is 6.35. The van der Waals surface area contributed by atoms with Crippen molar-refractivity contribution >= 4 is 34.4 Å². The molecule has 24 heavy (non-hydrogen) atoms. The fourth-order valence-electron chi connectivity index (χ4n) is 1.89. The summed E-state index contributed by atoms with van der Waals surface area (Å²) in [5.74, 6) is -0.171. The molecule has 1 aromatic carbocycles. The van der Waals surface area contributed by atoms with Crippen LogP contribution in [0.4, 0.5) is 15.6 Å². The average molecular weight is 348 g/mol. The summed E-state index contributed by atoms with van der Waals surface area (Å²) in [5, 5.41) is 14.5. The Morgan fingerprint density at radius 3 is 2.62 bits per heavy atom. The van der Waals surface area contributed by atoms with Gasteiger partial charge in [0.25, 0.3) is 0 Å². The van der Waals surface area contributed by atoms with Crippen molar-refractivity contribution in [2.75, 3.05) is 10.6 Å². The fourth-order valence-corrected chi connectivity index (χ4v) is 2.65. The highest BCUT2D eigenvalue weighted by Crippen LogP contribution is 2.23. The van der Waals surface area contributed by atoms with Crippen molar-refractivity contribution in [3.63, 3.8) is 0 Å². The topological polar surface area (TPSA) is 104 Å². The minimum absolute atomic E-state index is 0.0516. The van der Waals surface area contributed by atoms with E-state index in [9.17, 15) is 9.59 Å². The summed E-state index contributed by atoms with van der Waals surface area (Å²) < 4.78 is 4.23. The lowest BCUT2D eigenvalue weighted by Gasteiger charge is -2.12. The quantitative estimate of drug-likeness (QED) is 0.767. The van der Waals surface area contributed by atoms with Crippen LogP contribution in [-0.4, -0.2) is 26.5 Å². The lowest BCUT2D eigenvalue weighted by molar-refractivity contribution is -0.136. The molecule has 1 aromatic heterocycles. The van der Waals surface area contributed by atoms with Crippen molar-refractivity contribution in [1.29, 1.82) is 0 Å². The number of carbonyl (C=O) groups excluding carboxylic acids is 1. The predicted molar refractivity (Wildman–Crippen MR) is 93.6 cm³/mol. The number of carboxylic acid groups (broad SMARTS) is 1. The minimum Gasteiger partial charge on any atom is -0.481 e. The molecule has 0 saturated heterocycles. The molecule has 0 radical (unpaired) electrons. The Morgan fingerprint density at radius 2 is 2.00 bits per heavy atom. The van der Waals surface area contributed by atoms with Crippen LogP contribution in [0.2, 0.25) is 0 Å². The lowest BCUT2D eigenvalue weighted by atomic mass is 9.96. The van der Waals surface area contributed by atoms with Crippen molar-refractivity contribution in [1.82, 2.24) is 9.36 Å². The molecule has 3 N–H and O–H groups in total. The maximum atomic E-state index is 12.0. The van der Waals surface area contributed by atoms with Crippen LogP contribution in [0.1, 0.15) is 38.6 Å². The summed E-state index contributed by atoms with van der Waals surface area (Å²) in [6, 6.07) is 6.68. The number of anilines is 2. The van der Waals surface area contributed by atoms with Crippen LogP contribution < -0.4 is 10.6 Å². The van der Waals surface area contributed by atoms with E-state index in [0.29, 0.717) is 23.1 Å². The molecule has 8 heteroatoms. The van der Waals surface area contributed by atoms with Gasteiger partial charge in [0, 0.05) is 29.1 Å². The molecule has 0 aliphatic heterocycles. The second kappa shape index (κ2) is 7.39. The van der Waals surface area contributed by atoms with Gasteiger partial charge in [-0.3, -0.25) is 10.1 Å². The number of nitrogens with one attached hydrogen (secondary N) is 2. The molecule has 128 valence electrons. The zero-order chi connectivity index (χ0) is 17.7. The van der Waals surface area contributed by atoms with Crippen LogP contribution in [0.5, 0.6) is 0 Å². The van der Waals surface area contributed by atoms with Crippen LogP contribution in [0, 0.1) is 0 Å². The predicted octanol–water partition coefficient (Wildman–Crippen LogP) is 3.50. The monoisotopic (exact) mass is 348 g/mol. The van der Waals surface area contributed by atoms with Gasteiger partial charge in [-0.1, -0.05) is 32.9 Å². The van der Waals surface area contributed by atoms with Gasteiger partial charge >= 0.3 is 12.0 Å². The van der Waals surface area contributed by atoms with E-state index < -0.39 is 12.0 Å². The number of aliphatic carboxylic acids is 1. The van der Waals surface area contributed by atoms with Crippen molar-refractivity contribution in [3.8, 4) is 0 Å². The number of benzene rings is 1. The number of urea groups is 1. The van der Waals surface area contributed by atoms with Gasteiger partial charge in [0.2, 0.25) is 5.13 Å². The number of hydrogen-bond acceptors (Lipinski definition) is 5. The molecule has 0 atom stereocenters. The van der Waals surface area contributed by atoms with E-state index in [-0.39, 0.29) is 11.8 Å². The van der Waals surface area contributed by atoms with Gasteiger partial charge in [-0.05, 0) is 24.1 Å². The third-order valence-electron chi connectivity index (χ3n) is 3.13. The molecule has 0 fully saturated rings. The molecule has 0 spiro atoms. The summed E-state index contributed by atoms with van der Waals surface area (Å²) in [7, 11) is 0. The zero-order valence-corrected chi connectivity index (χ0v) is 14.6. The number of aryl methyl sites for hydroxylation is 1. The number of carbonyl (C=O) groups is 2. The van der Waals surface area contributed by atoms with Gasteiger partial charge in [-0.2, -0.15) is 4.37 Å². The fraction of sp³-hybridized carbons (Fsp3) is 0.375. The number of nitrogens with zero attached hydrogens (tertiary/aromatic N) is 2. The Labute approximate surface area is 144 Å². The van der Waals surface area contributed by atoms with Crippen LogP contribution in [0.15, 0.2) is 24.3 Å². The van der Waals surface area contributed by atoms with E-state index in [4.69, 9.17) is 5.11 Å². The molecule has 7 nitrogen and oxygen atoms in total. The standard InChI is InChI=1S/C16H20N4O3S/c1-16(2,3)13-18-15(24-20-13)19-14(23)17-11-6-4-5-10(9-11)7-8-12(21)22/h4-6,9H,7-8H2,1-3H3,(H,21,22)(H2,17,18,19,20,23). The van der Waals surface area contributed by atoms with E-state index >= 15 is 0 Å². The van der Waals surface area contributed by atoms with Gasteiger partial charge < -0.3 is 10.4 Å². The Balaban J connectivity index is 1.96. The highest BCUT2D eigenvalue weighted by atomic mass is 32.1. The molecule has 0 saturated carbocycles. The lowest BCUT2D eigenvalue weighted by Crippen LogP contribution is -2.20. The summed E-state index contributed by atoms with van der Waals surface area (Å²) in [5.41, 5.74) is 1.27. The molecule has 0 aliphatic carbocycles. The van der Waals surface area contributed by atoms with Crippen LogP contribution >= 0.6 is 11.5 Å². The molecular weight excluding hydrogens is 328 g/mol. The third kappa shape index (κ3) is 5.31. The average Bonchev–Trinajstić information content (AvgIpc) is 2.94. The van der Waals surface area contributed by atoms with Crippen molar-refractivity contribution in [2.45, 2.75) is 39.0 Å². The number of hydrogen-bond donors (Lipinski definition) is 3. The molecule has 0 unspecified atom stereocenters. The van der Waals surface area contributed by atoms with Crippen LogP contribution in [0.3, 0.4) is 0 Å². The largest absolute Gasteiger partial charge is 0.481 e. The van der Waals surface area contributed by atoms with E-state index in [1.54, 1.807) is 18.2 Å². The summed E-state index contributed by atoms with van der Waals surface area (Å²) in [6.45, 7) is 6.00. The summed E-state index contributed by atoms with van der Waals surface area (Å²) >= 11 is 1.13. The van der Waals surface area contributed by atoms with Gasteiger partial charge in [-0.25, -0.2) is 9.78 Å². The van der Waals surface area contributed by atoms with E-state index in [0.717, 1.165) is 17.1 Å². The normalized spacial score (nSPS) is 11.1. The minimum atomic E-state index is -0.850. The second-order valence-corrected chi connectivity index (χ2v) is 7.10. The Bertz CT molecular complexity index is 737. The third-order valence-corrected chi connectivity index (χ3v) is 3.76. The number of carboxylic acids is 1. The van der Waals surface area contributed by atoms with E-state index in [1.165, 1.54) is 0 Å². The molecule has 2 aromatic rings. The summed E-state index contributed by atoms with van der Waals surface area (Å²) in [4.78, 5) is 27.0. The number of rotatable bonds is 5. The maximum absolute atomic E-state index is 12.0. The Morgan fingerprint density at radius 1 is 1.25 bits per heavy atom. The highest BCUT2D eigenvalue weighted by molar-refractivity contribution is 7.09. The smallest absolute Gasteiger partial charge is 0.325 e. The van der Waals surface area contributed by atoms with Gasteiger partial charge in [0.15, 0.2) is 0 Å². The molecule has 1 heterocycles. The number of aromatic nitrogens is 2. The first kappa shape index (κ1) is 17.9. The van der Waals surface area contributed by atoms with Gasteiger partial charge in [-0.15, -0.1) is 0 Å². The first-order valence-corrected chi connectivity index (χ1v) is 8.24.